The van der Waals surface area contributed by atoms with Crippen molar-refractivity contribution in [3.63, 3.8) is 0 Å². The number of aliphatic hydroxyl groups excluding tert-OH is 1. The first-order valence-electron chi connectivity index (χ1n) is 8.53. The monoisotopic (exact) mass is 433 g/mol. The number of halogens is 1. The van der Waals surface area contributed by atoms with Crippen LogP contribution in [0.4, 0.5) is 0 Å². The third kappa shape index (κ3) is 3.84. The Hall–Kier alpha value is -2.38. The van der Waals surface area contributed by atoms with Crippen molar-refractivity contribution in [1.29, 1.82) is 0 Å². The van der Waals surface area contributed by atoms with Gasteiger partial charge in [-0.3, -0.25) is 9.59 Å². The van der Waals surface area contributed by atoms with E-state index in [2.05, 4.69) is 15.9 Å². The van der Waals surface area contributed by atoms with Crippen LogP contribution in [-0.4, -0.2) is 42.0 Å². The summed E-state index contributed by atoms with van der Waals surface area (Å²) in [4.78, 5) is 27.2. The second kappa shape index (κ2) is 8.10. The highest BCUT2D eigenvalue weighted by Gasteiger charge is 2.44. The summed E-state index contributed by atoms with van der Waals surface area (Å²) in [5.41, 5.74) is 0.772. The SMILES string of the molecule is COCCCN1C(=O)C(O)=C(C(=O)c2ccc(C)o2)C1c1ccc(Br)cc1. The summed E-state index contributed by atoms with van der Waals surface area (Å²) in [6.07, 6.45) is 0.587. The van der Waals surface area contributed by atoms with E-state index >= 15 is 0 Å². The summed E-state index contributed by atoms with van der Waals surface area (Å²) < 4.78 is 11.4. The van der Waals surface area contributed by atoms with Gasteiger partial charge in [-0.15, -0.1) is 0 Å². The molecular formula is C20H20BrNO5. The van der Waals surface area contributed by atoms with Crippen LogP contribution in [0.15, 0.2) is 56.6 Å². The van der Waals surface area contributed by atoms with E-state index < -0.39 is 23.5 Å². The molecule has 3 rings (SSSR count). The number of ketones is 1. The highest BCUT2D eigenvalue weighted by atomic mass is 79.9. The summed E-state index contributed by atoms with van der Waals surface area (Å²) in [5.74, 6) is -0.899. The lowest BCUT2D eigenvalue weighted by Crippen LogP contribution is -2.32. The number of Topliss-reactive ketones (excluding diaryl/α,β-unsaturated/α-hetero) is 1. The van der Waals surface area contributed by atoms with E-state index in [0.29, 0.717) is 25.3 Å². The van der Waals surface area contributed by atoms with Gasteiger partial charge in [0, 0.05) is 24.7 Å². The lowest BCUT2D eigenvalue weighted by atomic mass is 9.95. The van der Waals surface area contributed by atoms with Crippen LogP contribution >= 0.6 is 15.9 Å². The van der Waals surface area contributed by atoms with Gasteiger partial charge in [0.2, 0.25) is 5.78 Å². The molecule has 1 aliphatic rings. The predicted molar refractivity (Wildman–Crippen MR) is 103 cm³/mol. The molecule has 27 heavy (non-hydrogen) atoms. The van der Waals surface area contributed by atoms with Gasteiger partial charge in [-0.1, -0.05) is 28.1 Å². The first kappa shape index (κ1) is 19.4. The highest BCUT2D eigenvalue weighted by Crippen LogP contribution is 2.39. The number of hydrogen-bond acceptors (Lipinski definition) is 5. The zero-order chi connectivity index (χ0) is 19.6. The molecule has 1 N–H and O–H groups in total. The van der Waals surface area contributed by atoms with Gasteiger partial charge in [0.05, 0.1) is 11.6 Å². The maximum Gasteiger partial charge on any atom is 0.290 e. The van der Waals surface area contributed by atoms with Gasteiger partial charge >= 0.3 is 0 Å². The number of hydrogen-bond donors (Lipinski definition) is 1. The van der Waals surface area contributed by atoms with E-state index in [0.717, 1.165) is 10.0 Å². The van der Waals surface area contributed by atoms with Gasteiger partial charge in [-0.05, 0) is 43.2 Å². The molecule has 2 aromatic rings. The number of rotatable bonds is 7. The molecule has 0 aliphatic carbocycles. The van der Waals surface area contributed by atoms with Crippen LogP contribution in [-0.2, 0) is 9.53 Å². The Labute approximate surface area is 165 Å². The van der Waals surface area contributed by atoms with Gasteiger partial charge in [0.25, 0.3) is 5.91 Å². The second-order valence-corrected chi connectivity index (χ2v) is 7.22. The minimum atomic E-state index is -0.680. The molecule has 6 nitrogen and oxygen atoms in total. The lowest BCUT2D eigenvalue weighted by molar-refractivity contribution is -0.129. The summed E-state index contributed by atoms with van der Waals surface area (Å²) in [7, 11) is 1.59. The average Bonchev–Trinajstić information content (AvgIpc) is 3.19. The molecule has 0 saturated heterocycles. The molecule has 1 amide bonds. The van der Waals surface area contributed by atoms with Crippen molar-refractivity contribution >= 4 is 27.6 Å². The van der Waals surface area contributed by atoms with Gasteiger partial charge < -0.3 is 19.2 Å². The summed E-state index contributed by atoms with van der Waals surface area (Å²) in [6.45, 7) is 2.55. The number of carbonyl (C=O) groups is 2. The molecule has 0 radical (unpaired) electrons. The van der Waals surface area contributed by atoms with Crippen molar-refractivity contribution in [2.45, 2.75) is 19.4 Å². The Morgan fingerprint density at radius 1 is 1.26 bits per heavy atom. The van der Waals surface area contributed by atoms with Crippen LogP contribution in [0.3, 0.4) is 0 Å². The Morgan fingerprint density at radius 3 is 2.56 bits per heavy atom. The normalized spacial score (nSPS) is 17.1. The van der Waals surface area contributed by atoms with Crippen molar-refractivity contribution in [3.05, 3.63) is 69.3 Å². The van der Waals surface area contributed by atoms with Crippen molar-refractivity contribution < 1.29 is 23.8 Å². The smallest absolute Gasteiger partial charge is 0.290 e. The molecule has 0 spiro atoms. The van der Waals surface area contributed by atoms with Gasteiger partial charge in [0.15, 0.2) is 11.5 Å². The van der Waals surface area contributed by atoms with Crippen molar-refractivity contribution in [2.75, 3.05) is 20.3 Å². The molecule has 0 saturated carbocycles. The molecule has 142 valence electrons. The van der Waals surface area contributed by atoms with Crippen LogP contribution < -0.4 is 0 Å². The molecule has 1 aromatic carbocycles. The fraction of sp³-hybridized carbons (Fsp3) is 0.300. The highest BCUT2D eigenvalue weighted by molar-refractivity contribution is 9.10. The Morgan fingerprint density at radius 2 is 1.96 bits per heavy atom. The van der Waals surface area contributed by atoms with E-state index in [9.17, 15) is 14.7 Å². The topological polar surface area (TPSA) is 80.0 Å². The number of benzene rings is 1. The zero-order valence-electron chi connectivity index (χ0n) is 15.1. The summed E-state index contributed by atoms with van der Waals surface area (Å²) in [6, 6.07) is 9.86. The standard InChI is InChI=1S/C20H20BrNO5/c1-12-4-9-15(27-12)18(23)16-17(13-5-7-14(21)8-6-13)22(10-3-11-26-2)20(25)19(16)24/h4-9,17,24H,3,10-11H2,1-2H3. The minimum absolute atomic E-state index is 0.0362. The van der Waals surface area contributed by atoms with Crippen molar-refractivity contribution in [1.82, 2.24) is 4.90 Å². The quantitative estimate of drug-likeness (QED) is 0.527. The zero-order valence-corrected chi connectivity index (χ0v) is 16.7. The number of amides is 1. The maximum atomic E-state index is 13.0. The minimum Gasteiger partial charge on any atom is -0.503 e. The molecule has 1 unspecified atom stereocenters. The number of aryl methyl sites for hydroxylation is 1. The van der Waals surface area contributed by atoms with E-state index in [1.54, 1.807) is 26.2 Å². The molecule has 1 aromatic heterocycles. The van der Waals surface area contributed by atoms with Crippen molar-refractivity contribution in [3.8, 4) is 0 Å². The number of carbonyl (C=O) groups excluding carboxylic acids is 2. The van der Waals surface area contributed by atoms with Crippen LogP contribution in [0.2, 0.25) is 0 Å². The number of nitrogens with zero attached hydrogens (tertiary/aromatic N) is 1. The largest absolute Gasteiger partial charge is 0.503 e. The van der Waals surface area contributed by atoms with Crippen LogP contribution in [0.5, 0.6) is 0 Å². The number of ether oxygens (including phenoxy) is 1. The van der Waals surface area contributed by atoms with Gasteiger partial charge in [-0.25, -0.2) is 0 Å². The molecule has 0 fully saturated rings. The molecule has 7 heteroatoms. The van der Waals surface area contributed by atoms with Crippen LogP contribution in [0.25, 0.3) is 0 Å². The van der Waals surface area contributed by atoms with E-state index in [4.69, 9.17) is 9.15 Å². The number of furan rings is 1. The van der Waals surface area contributed by atoms with Crippen LogP contribution in [0, 0.1) is 6.92 Å². The fourth-order valence-corrected chi connectivity index (χ4v) is 3.44. The molecule has 0 bridgehead atoms. The number of methoxy groups -OCH3 is 1. The van der Waals surface area contributed by atoms with Gasteiger partial charge in [-0.2, -0.15) is 0 Å². The Kier molecular flexibility index (Phi) is 5.82. The van der Waals surface area contributed by atoms with E-state index in [1.165, 1.54) is 4.90 Å². The third-order valence-corrected chi connectivity index (χ3v) is 4.97. The first-order chi connectivity index (χ1) is 12.9. The van der Waals surface area contributed by atoms with E-state index in [-0.39, 0.29) is 11.3 Å². The summed E-state index contributed by atoms with van der Waals surface area (Å²) in [5, 5.41) is 10.5. The third-order valence-electron chi connectivity index (χ3n) is 4.45. The van der Waals surface area contributed by atoms with Gasteiger partial charge in [0.1, 0.15) is 5.76 Å². The van der Waals surface area contributed by atoms with Crippen molar-refractivity contribution in [2.24, 2.45) is 0 Å². The maximum absolute atomic E-state index is 13.0. The number of aliphatic hydroxyl groups is 1. The second-order valence-electron chi connectivity index (χ2n) is 6.30. The molecular weight excluding hydrogens is 414 g/mol. The molecule has 1 atom stereocenters. The lowest BCUT2D eigenvalue weighted by Gasteiger charge is -2.26. The van der Waals surface area contributed by atoms with E-state index in [1.807, 2.05) is 24.3 Å². The molecule has 1 aliphatic heterocycles. The molecule has 2 heterocycles. The Balaban J connectivity index is 2.03. The average molecular weight is 434 g/mol. The fourth-order valence-electron chi connectivity index (χ4n) is 3.18. The summed E-state index contributed by atoms with van der Waals surface area (Å²) >= 11 is 3.39. The first-order valence-corrected chi connectivity index (χ1v) is 9.33. The predicted octanol–water partition coefficient (Wildman–Crippen LogP) is 3.97. The van der Waals surface area contributed by atoms with Crippen LogP contribution in [0.1, 0.15) is 34.3 Å². The Bertz CT molecular complexity index is 884.